The van der Waals surface area contributed by atoms with Crippen LogP contribution < -0.4 is 5.32 Å². The first-order valence-corrected chi connectivity index (χ1v) is 8.99. The standard InChI is InChI=1S/C19H26N4O2/c1-4-15(16-11-13(2)9-10-20-16)21-19(24)23(3)12-17-14-7-5-6-8-18(14)25-22-17/h9-11,15H,4-8,12H2,1-3H3,(H,21,24)/t15-/m0/s1. The molecule has 3 rings (SSSR count). The first-order valence-electron chi connectivity index (χ1n) is 8.99. The summed E-state index contributed by atoms with van der Waals surface area (Å²) in [5.74, 6) is 0.991. The zero-order valence-electron chi connectivity index (χ0n) is 15.2. The molecule has 134 valence electrons. The van der Waals surface area contributed by atoms with Crippen LogP contribution in [0.5, 0.6) is 0 Å². The van der Waals surface area contributed by atoms with E-state index in [2.05, 4.69) is 15.5 Å². The predicted octanol–water partition coefficient (Wildman–Crippen LogP) is 3.55. The Balaban J connectivity index is 1.65. The van der Waals surface area contributed by atoms with Gasteiger partial charge in [-0.15, -0.1) is 0 Å². The third kappa shape index (κ3) is 4.00. The van der Waals surface area contributed by atoms with Crippen molar-refractivity contribution in [1.29, 1.82) is 0 Å². The number of rotatable bonds is 5. The monoisotopic (exact) mass is 342 g/mol. The SMILES string of the molecule is CC[C@H](NC(=O)N(C)Cc1noc2c1CCCC2)c1cc(C)ccn1. The molecule has 2 heterocycles. The molecule has 6 nitrogen and oxygen atoms in total. The molecule has 0 spiro atoms. The van der Waals surface area contributed by atoms with E-state index in [1.54, 1.807) is 18.1 Å². The van der Waals surface area contributed by atoms with Gasteiger partial charge in [0.1, 0.15) is 11.5 Å². The van der Waals surface area contributed by atoms with E-state index in [9.17, 15) is 4.79 Å². The molecule has 0 unspecified atom stereocenters. The highest BCUT2D eigenvalue weighted by Gasteiger charge is 2.22. The molecule has 0 saturated carbocycles. The summed E-state index contributed by atoms with van der Waals surface area (Å²) in [5, 5.41) is 7.25. The number of nitrogens with one attached hydrogen (secondary N) is 1. The number of urea groups is 1. The molecule has 2 amide bonds. The number of hydrogen-bond donors (Lipinski definition) is 1. The summed E-state index contributed by atoms with van der Waals surface area (Å²) in [4.78, 5) is 18.6. The summed E-state index contributed by atoms with van der Waals surface area (Å²) in [7, 11) is 1.79. The number of carbonyl (C=O) groups is 1. The van der Waals surface area contributed by atoms with Crippen molar-refractivity contribution in [3.63, 3.8) is 0 Å². The number of pyridine rings is 1. The Labute approximate surface area is 148 Å². The molecule has 2 aromatic heterocycles. The van der Waals surface area contributed by atoms with Gasteiger partial charge in [-0.3, -0.25) is 4.98 Å². The van der Waals surface area contributed by atoms with Crippen LogP contribution in [0.15, 0.2) is 22.9 Å². The van der Waals surface area contributed by atoms with Crippen LogP contribution in [0, 0.1) is 6.92 Å². The first kappa shape index (κ1) is 17.5. The van der Waals surface area contributed by atoms with Crippen LogP contribution in [0.3, 0.4) is 0 Å². The van der Waals surface area contributed by atoms with Crippen LogP contribution in [0.25, 0.3) is 0 Å². The smallest absolute Gasteiger partial charge is 0.318 e. The van der Waals surface area contributed by atoms with Crippen molar-refractivity contribution in [2.45, 2.75) is 58.5 Å². The van der Waals surface area contributed by atoms with E-state index in [1.165, 1.54) is 5.56 Å². The van der Waals surface area contributed by atoms with Crippen LogP contribution in [0.1, 0.15) is 60.5 Å². The molecule has 1 atom stereocenters. The predicted molar refractivity (Wildman–Crippen MR) is 95.1 cm³/mol. The lowest BCUT2D eigenvalue weighted by Crippen LogP contribution is -2.39. The molecule has 0 radical (unpaired) electrons. The molecule has 0 fully saturated rings. The van der Waals surface area contributed by atoms with Crippen molar-refractivity contribution in [2.24, 2.45) is 0 Å². The average molecular weight is 342 g/mol. The van der Waals surface area contributed by atoms with Crippen LogP contribution in [0.4, 0.5) is 4.79 Å². The quantitative estimate of drug-likeness (QED) is 0.902. The third-order valence-corrected chi connectivity index (χ3v) is 4.76. The Kier molecular flexibility index (Phi) is 5.36. The van der Waals surface area contributed by atoms with Gasteiger partial charge in [0.2, 0.25) is 0 Å². The fourth-order valence-corrected chi connectivity index (χ4v) is 3.26. The van der Waals surface area contributed by atoms with Crippen LogP contribution in [-0.4, -0.2) is 28.1 Å². The van der Waals surface area contributed by atoms with Gasteiger partial charge in [0.05, 0.1) is 18.3 Å². The van der Waals surface area contributed by atoms with E-state index in [0.717, 1.165) is 54.8 Å². The molecular weight excluding hydrogens is 316 g/mol. The Hall–Kier alpha value is -2.37. The number of hydrogen-bond acceptors (Lipinski definition) is 4. The molecule has 1 aliphatic rings. The van der Waals surface area contributed by atoms with Crippen molar-refractivity contribution < 1.29 is 9.32 Å². The van der Waals surface area contributed by atoms with Gasteiger partial charge in [0.25, 0.3) is 0 Å². The van der Waals surface area contributed by atoms with Crippen LogP contribution in [-0.2, 0) is 19.4 Å². The third-order valence-electron chi connectivity index (χ3n) is 4.76. The van der Waals surface area contributed by atoms with Gasteiger partial charge in [-0.1, -0.05) is 12.1 Å². The minimum Gasteiger partial charge on any atom is -0.361 e. The summed E-state index contributed by atoms with van der Waals surface area (Å²) < 4.78 is 5.43. The number of aryl methyl sites for hydroxylation is 2. The second kappa shape index (κ2) is 7.68. The normalized spacial score (nSPS) is 14.7. The minimum absolute atomic E-state index is 0.0962. The van der Waals surface area contributed by atoms with Crippen LogP contribution >= 0.6 is 0 Å². The zero-order valence-corrected chi connectivity index (χ0v) is 15.2. The topological polar surface area (TPSA) is 71.3 Å². The highest BCUT2D eigenvalue weighted by atomic mass is 16.5. The maximum absolute atomic E-state index is 12.6. The van der Waals surface area contributed by atoms with E-state index in [0.29, 0.717) is 6.54 Å². The summed E-state index contributed by atoms with van der Waals surface area (Å²) >= 11 is 0. The molecule has 0 aliphatic heterocycles. The fourth-order valence-electron chi connectivity index (χ4n) is 3.26. The maximum atomic E-state index is 12.6. The highest BCUT2D eigenvalue weighted by molar-refractivity contribution is 5.74. The lowest BCUT2D eigenvalue weighted by Gasteiger charge is -2.22. The van der Waals surface area contributed by atoms with Crippen molar-refractivity contribution in [3.05, 3.63) is 46.6 Å². The summed E-state index contributed by atoms with van der Waals surface area (Å²) in [5.41, 5.74) is 4.11. The van der Waals surface area contributed by atoms with Crippen molar-refractivity contribution in [2.75, 3.05) is 7.05 Å². The number of fused-ring (bicyclic) bond motifs is 1. The summed E-state index contributed by atoms with van der Waals surface area (Å²) in [6.45, 7) is 4.53. The number of aromatic nitrogens is 2. The first-order chi connectivity index (χ1) is 12.1. The van der Waals surface area contributed by atoms with Crippen LogP contribution in [0.2, 0.25) is 0 Å². The lowest BCUT2D eigenvalue weighted by molar-refractivity contribution is 0.200. The van der Waals surface area contributed by atoms with Gasteiger partial charge in [-0.25, -0.2) is 4.79 Å². The number of carbonyl (C=O) groups excluding carboxylic acids is 1. The second-order valence-electron chi connectivity index (χ2n) is 6.76. The van der Waals surface area contributed by atoms with Gasteiger partial charge in [-0.05, 0) is 50.3 Å². The molecule has 0 aromatic carbocycles. The van der Waals surface area contributed by atoms with Gasteiger partial charge < -0.3 is 14.7 Å². The van der Waals surface area contributed by atoms with E-state index in [1.807, 2.05) is 26.0 Å². The maximum Gasteiger partial charge on any atom is 0.318 e. The van der Waals surface area contributed by atoms with Crippen molar-refractivity contribution in [1.82, 2.24) is 20.4 Å². The van der Waals surface area contributed by atoms with E-state index in [4.69, 9.17) is 4.52 Å². The molecule has 1 N–H and O–H groups in total. The van der Waals surface area contributed by atoms with Gasteiger partial charge in [0, 0.05) is 25.2 Å². The van der Waals surface area contributed by atoms with Gasteiger partial charge in [0.15, 0.2) is 0 Å². The Bertz CT molecular complexity index is 741. The largest absolute Gasteiger partial charge is 0.361 e. The Morgan fingerprint density at radius 3 is 2.96 bits per heavy atom. The summed E-state index contributed by atoms with van der Waals surface area (Å²) in [6.07, 6.45) is 6.83. The Morgan fingerprint density at radius 1 is 1.40 bits per heavy atom. The van der Waals surface area contributed by atoms with Gasteiger partial charge in [-0.2, -0.15) is 0 Å². The van der Waals surface area contributed by atoms with Crippen molar-refractivity contribution in [3.8, 4) is 0 Å². The van der Waals surface area contributed by atoms with E-state index in [-0.39, 0.29) is 12.1 Å². The molecule has 25 heavy (non-hydrogen) atoms. The van der Waals surface area contributed by atoms with E-state index >= 15 is 0 Å². The lowest BCUT2D eigenvalue weighted by atomic mass is 9.96. The molecule has 2 aromatic rings. The zero-order chi connectivity index (χ0) is 17.8. The second-order valence-corrected chi connectivity index (χ2v) is 6.76. The molecule has 0 bridgehead atoms. The molecule has 6 heteroatoms. The minimum atomic E-state index is -0.122. The number of amides is 2. The van der Waals surface area contributed by atoms with Gasteiger partial charge >= 0.3 is 6.03 Å². The molecule has 1 aliphatic carbocycles. The number of nitrogens with zero attached hydrogens (tertiary/aromatic N) is 3. The fraction of sp³-hybridized carbons (Fsp3) is 0.526. The Morgan fingerprint density at radius 2 is 2.20 bits per heavy atom. The van der Waals surface area contributed by atoms with Crippen molar-refractivity contribution >= 4 is 6.03 Å². The molecular formula is C19H26N4O2. The molecule has 0 saturated heterocycles. The highest BCUT2D eigenvalue weighted by Crippen LogP contribution is 2.25. The average Bonchev–Trinajstić information content (AvgIpc) is 3.02. The summed E-state index contributed by atoms with van der Waals surface area (Å²) in [6, 6.07) is 3.75. The van der Waals surface area contributed by atoms with E-state index < -0.39 is 0 Å².